The van der Waals surface area contributed by atoms with Crippen LogP contribution in [0.5, 0.6) is 11.5 Å². The molecule has 102 valence electrons. The van der Waals surface area contributed by atoms with Gasteiger partial charge in [-0.2, -0.15) is 0 Å². The summed E-state index contributed by atoms with van der Waals surface area (Å²) in [7, 11) is 3.24. The van der Waals surface area contributed by atoms with Crippen LogP contribution in [0.3, 0.4) is 0 Å². The van der Waals surface area contributed by atoms with Gasteiger partial charge in [-0.25, -0.2) is 9.97 Å². The average molecular weight is 304 g/mol. The van der Waals surface area contributed by atoms with Crippen LogP contribution >= 0.6 is 23.1 Å². The van der Waals surface area contributed by atoms with Crippen LogP contribution in [0.2, 0.25) is 0 Å². The minimum atomic E-state index is 0.672. The van der Waals surface area contributed by atoms with E-state index in [0.29, 0.717) is 11.5 Å². The van der Waals surface area contributed by atoms with E-state index in [-0.39, 0.29) is 0 Å². The van der Waals surface area contributed by atoms with Crippen molar-refractivity contribution >= 4 is 34.0 Å². The number of aromatic nitrogens is 2. The lowest BCUT2D eigenvalue weighted by Gasteiger charge is -2.10. The maximum absolute atomic E-state index is 5.35. The molecule has 0 saturated heterocycles. The van der Waals surface area contributed by atoms with Crippen molar-refractivity contribution in [2.45, 2.75) is 9.24 Å². The molecule has 1 aromatic carbocycles. The summed E-state index contributed by atoms with van der Waals surface area (Å²) >= 11 is 3.32. The van der Waals surface area contributed by atoms with Crippen molar-refractivity contribution in [1.82, 2.24) is 9.97 Å². The summed E-state index contributed by atoms with van der Waals surface area (Å²) in [5.74, 6) is 1.36. The highest BCUT2D eigenvalue weighted by atomic mass is 32.2. The third kappa shape index (κ3) is 2.44. The molecule has 0 fully saturated rings. The van der Waals surface area contributed by atoms with Gasteiger partial charge in [0.25, 0.3) is 0 Å². The van der Waals surface area contributed by atoms with Crippen molar-refractivity contribution in [3.63, 3.8) is 0 Å². The second-order valence-corrected chi connectivity index (χ2v) is 6.17. The fourth-order valence-electron chi connectivity index (χ4n) is 1.86. The smallest absolute Gasteiger partial charge is 0.162 e. The molecule has 2 heterocycles. The lowest BCUT2D eigenvalue weighted by molar-refractivity contribution is 0.355. The van der Waals surface area contributed by atoms with Crippen LogP contribution in [0.25, 0.3) is 10.9 Å². The number of nitrogens with zero attached hydrogens (tertiary/aromatic N) is 2. The number of benzene rings is 1. The van der Waals surface area contributed by atoms with Gasteiger partial charge in [-0.1, -0.05) is 17.8 Å². The zero-order valence-electron chi connectivity index (χ0n) is 11.0. The Morgan fingerprint density at radius 3 is 2.60 bits per heavy atom. The molecule has 0 unspecified atom stereocenters. The molecule has 0 aliphatic heterocycles. The predicted molar refractivity (Wildman–Crippen MR) is 81.1 cm³/mol. The number of thiophene rings is 1. The van der Waals surface area contributed by atoms with Crippen LogP contribution in [0.15, 0.2) is 45.2 Å². The number of ether oxygens (including phenoxy) is 2. The van der Waals surface area contributed by atoms with Gasteiger partial charge in [0.1, 0.15) is 11.4 Å². The van der Waals surface area contributed by atoms with Crippen LogP contribution in [-0.2, 0) is 0 Å². The van der Waals surface area contributed by atoms with Crippen LogP contribution < -0.4 is 9.47 Å². The van der Waals surface area contributed by atoms with E-state index >= 15 is 0 Å². The summed E-state index contributed by atoms with van der Waals surface area (Å²) in [6.45, 7) is 0. The SMILES string of the molecule is COc1cc2ncnc(Sc3cccs3)c2cc1OC. The van der Waals surface area contributed by atoms with E-state index < -0.39 is 0 Å². The average Bonchev–Trinajstić information content (AvgIpc) is 2.99. The normalized spacial score (nSPS) is 10.7. The van der Waals surface area contributed by atoms with Crippen LogP contribution in [0, 0.1) is 0 Å². The molecule has 20 heavy (non-hydrogen) atoms. The maximum Gasteiger partial charge on any atom is 0.162 e. The third-order valence-electron chi connectivity index (χ3n) is 2.80. The van der Waals surface area contributed by atoms with E-state index in [9.17, 15) is 0 Å². The quantitative estimate of drug-likeness (QED) is 0.685. The minimum Gasteiger partial charge on any atom is -0.493 e. The summed E-state index contributed by atoms with van der Waals surface area (Å²) in [5.41, 5.74) is 0.844. The maximum atomic E-state index is 5.35. The Morgan fingerprint density at radius 2 is 1.90 bits per heavy atom. The van der Waals surface area contributed by atoms with Crippen LogP contribution in [-0.4, -0.2) is 24.2 Å². The summed E-state index contributed by atoms with van der Waals surface area (Å²) in [5, 5.41) is 3.93. The van der Waals surface area contributed by atoms with Crippen LogP contribution in [0.4, 0.5) is 0 Å². The van der Waals surface area contributed by atoms with E-state index in [1.807, 2.05) is 18.2 Å². The molecule has 0 bridgehead atoms. The topological polar surface area (TPSA) is 44.2 Å². The van der Waals surface area contributed by atoms with Gasteiger partial charge >= 0.3 is 0 Å². The van der Waals surface area contributed by atoms with Gasteiger partial charge in [0.2, 0.25) is 0 Å². The largest absolute Gasteiger partial charge is 0.493 e. The first-order valence-electron chi connectivity index (χ1n) is 5.90. The fourth-order valence-corrected chi connectivity index (χ4v) is 3.61. The van der Waals surface area contributed by atoms with Gasteiger partial charge in [0.15, 0.2) is 11.5 Å². The minimum absolute atomic E-state index is 0.672. The molecule has 0 radical (unpaired) electrons. The van der Waals surface area contributed by atoms with Crippen molar-refractivity contribution in [1.29, 1.82) is 0 Å². The lowest BCUT2D eigenvalue weighted by atomic mass is 10.2. The fraction of sp³-hybridized carbons (Fsp3) is 0.143. The molecule has 0 N–H and O–H groups in total. The summed E-state index contributed by atoms with van der Waals surface area (Å²) in [6.07, 6.45) is 1.57. The van der Waals surface area contributed by atoms with Crippen molar-refractivity contribution in [2.24, 2.45) is 0 Å². The number of hydrogen-bond acceptors (Lipinski definition) is 6. The van der Waals surface area contributed by atoms with E-state index in [2.05, 4.69) is 21.4 Å². The van der Waals surface area contributed by atoms with Crippen molar-refractivity contribution < 1.29 is 9.47 Å². The standard InChI is InChI=1S/C14H12N2O2S2/c1-17-11-6-9-10(7-12(11)18-2)15-8-16-14(9)20-13-4-3-5-19-13/h3-8H,1-2H3. The monoisotopic (exact) mass is 304 g/mol. The molecule has 0 atom stereocenters. The van der Waals surface area contributed by atoms with E-state index in [1.165, 1.54) is 4.21 Å². The summed E-state index contributed by atoms with van der Waals surface area (Å²) in [6, 6.07) is 7.89. The highest BCUT2D eigenvalue weighted by Crippen LogP contribution is 2.38. The molecule has 4 nitrogen and oxygen atoms in total. The van der Waals surface area contributed by atoms with Crippen molar-refractivity contribution in [3.05, 3.63) is 36.0 Å². The van der Waals surface area contributed by atoms with Crippen LogP contribution in [0.1, 0.15) is 0 Å². The second kappa shape index (κ2) is 5.68. The molecule has 3 rings (SSSR count). The Kier molecular flexibility index (Phi) is 3.75. The first-order valence-corrected chi connectivity index (χ1v) is 7.59. The van der Waals surface area contributed by atoms with Crippen molar-refractivity contribution in [3.8, 4) is 11.5 Å². The van der Waals surface area contributed by atoms with E-state index in [4.69, 9.17) is 9.47 Å². The Morgan fingerprint density at radius 1 is 1.10 bits per heavy atom. The Bertz CT molecular complexity index is 729. The number of fused-ring (bicyclic) bond motifs is 1. The molecule has 0 aliphatic carbocycles. The summed E-state index contributed by atoms with van der Waals surface area (Å²) in [4.78, 5) is 8.67. The zero-order chi connectivity index (χ0) is 13.9. The Labute approximate surface area is 124 Å². The highest BCUT2D eigenvalue weighted by molar-refractivity contribution is 8.01. The molecule has 3 aromatic rings. The first-order chi connectivity index (χ1) is 9.81. The second-order valence-electron chi connectivity index (χ2n) is 3.94. The third-order valence-corrected chi connectivity index (χ3v) is 4.85. The van der Waals surface area contributed by atoms with Gasteiger partial charge in [0.05, 0.1) is 23.9 Å². The Hall–Kier alpha value is -1.79. The predicted octanol–water partition coefficient (Wildman–Crippen LogP) is 3.86. The first kappa shape index (κ1) is 13.2. The zero-order valence-corrected chi connectivity index (χ0v) is 12.6. The van der Waals surface area contributed by atoms with Gasteiger partial charge in [-0.3, -0.25) is 0 Å². The number of hydrogen-bond donors (Lipinski definition) is 0. The lowest BCUT2D eigenvalue weighted by Crippen LogP contribution is -1.93. The van der Waals surface area contributed by atoms with Gasteiger partial charge in [0, 0.05) is 11.5 Å². The van der Waals surface area contributed by atoms with E-state index in [0.717, 1.165) is 15.9 Å². The van der Waals surface area contributed by atoms with E-state index in [1.54, 1.807) is 43.6 Å². The van der Waals surface area contributed by atoms with Crippen molar-refractivity contribution in [2.75, 3.05) is 14.2 Å². The summed E-state index contributed by atoms with van der Waals surface area (Å²) < 4.78 is 11.8. The molecular formula is C14H12N2O2S2. The molecular weight excluding hydrogens is 292 g/mol. The van der Waals surface area contributed by atoms with Gasteiger partial charge in [-0.15, -0.1) is 11.3 Å². The Balaban J connectivity index is 2.13. The van der Waals surface area contributed by atoms with Gasteiger partial charge in [-0.05, 0) is 17.5 Å². The number of methoxy groups -OCH3 is 2. The van der Waals surface area contributed by atoms with Gasteiger partial charge < -0.3 is 9.47 Å². The molecule has 6 heteroatoms. The molecule has 0 saturated carbocycles. The molecule has 0 spiro atoms. The highest BCUT2D eigenvalue weighted by Gasteiger charge is 2.12. The molecule has 2 aromatic heterocycles. The molecule has 0 amide bonds. The molecule has 0 aliphatic rings. The number of rotatable bonds is 4.